The summed E-state index contributed by atoms with van der Waals surface area (Å²) in [5, 5.41) is 3.77. The summed E-state index contributed by atoms with van der Waals surface area (Å²) in [5.74, 6) is -0.420. The highest BCUT2D eigenvalue weighted by molar-refractivity contribution is 7.92. The van der Waals surface area contributed by atoms with Gasteiger partial charge in [0.25, 0.3) is 10.0 Å². The van der Waals surface area contributed by atoms with Gasteiger partial charge in [-0.2, -0.15) is 0 Å². The van der Waals surface area contributed by atoms with Gasteiger partial charge in [0.1, 0.15) is 12.6 Å². The van der Waals surface area contributed by atoms with E-state index in [2.05, 4.69) is 5.32 Å². The normalized spacial score (nSPS) is 11.8. The summed E-state index contributed by atoms with van der Waals surface area (Å²) >= 11 is 12.7. The average Bonchev–Trinajstić information content (AvgIpc) is 3.09. The Morgan fingerprint density at radius 1 is 0.854 bits per heavy atom. The maximum absolute atomic E-state index is 14.6. The molecule has 0 heterocycles. The first-order valence-corrected chi connectivity index (χ1v) is 17.6. The van der Waals surface area contributed by atoms with Gasteiger partial charge in [0.05, 0.1) is 24.8 Å². The number of methoxy groups -OCH3 is 2. The lowest BCUT2D eigenvalue weighted by Gasteiger charge is -2.34. The minimum atomic E-state index is -4.38. The van der Waals surface area contributed by atoms with Crippen molar-refractivity contribution in [2.75, 3.05) is 31.6 Å². The molecule has 254 valence electrons. The van der Waals surface area contributed by atoms with Crippen molar-refractivity contribution in [1.82, 2.24) is 10.2 Å². The van der Waals surface area contributed by atoms with Crippen molar-refractivity contribution < 1.29 is 27.5 Å². The van der Waals surface area contributed by atoms with Crippen LogP contribution in [0.25, 0.3) is 0 Å². The maximum atomic E-state index is 14.6. The molecule has 0 aromatic heterocycles. The van der Waals surface area contributed by atoms with E-state index >= 15 is 0 Å². The summed E-state index contributed by atoms with van der Waals surface area (Å²) in [6.45, 7) is 1.78. The van der Waals surface area contributed by atoms with Crippen LogP contribution in [0.3, 0.4) is 0 Å². The molecule has 0 saturated carbocycles. The van der Waals surface area contributed by atoms with Crippen molar-refractivity contribution in [3.8, 4) is 11.5 Å². The van der Waals surface area contributed by atoms with Crippen molar-refractivity contribution in [1.29, 1.82) is 0 Å². The summed E-state index contributed by atoms with van der Waals surface area (Å²) in [5.41, 5.74) is 1.64. The summed E-state index contributed by atoms with van der Waals surface area (Å²) in [7, 11) is -1.53. The maximum Gasteiger partial charge on any atom is 0.264 e. The number of unbranched alkanes of at least 4 members (excludes halogenated alkanes) is 1. The van der Waals surface area contributed by atoms with E-state index < -0.39 is 28.5 Å². The number of carbonyl (C=O) groups is 2. The zero-order valence-electron chi connectivity index (χ0n) is 27.1. The Balaban J connectivity index is 1.82. The summed E-state index contributed by atoms with van der Waals surface area (Å²) in [4.78, 5) is 29.8. The van der Waals surface area contributed by atoms with Crippen LogP contribution in [0.15, 0.2) is 102 Å². The van der Waals surface area contributed by atoms with Gasteiger partial charge in [0.2, 0.25) is 11.8 Å². The summed E-state index contributed by atoms with van der Waals surface area (Å²) < 4.78 is 40.4. The second-order valence-electron chi connectivity index (χ2n) is 11.0. The molecular weight excluding hydrogens is 673 g/mol. The Morgan fingerprint density at radius 2 is 1.52 bits per heavy atom. The van der Waals surface area contributed by atoms with Crippen molar-refractivity contribution in [2.24, 2.45) is 0 Å². The van der Waals surface area contributed by atoms with E-state index in [9.17, 15) is 18.0 Å². The zero-order valence-corrected chi connectivity index (χ0v) is 29.4. The highest BCUT2D eigenvalue weighted by atomic mass is 35.5. The van der Waals surface area contributed by atoms with Crippen LogP contribution in [0, 0.1) is 0 Å². The number of carbonyl (C=O) groups excluding carboxylic acids is 2. The average molecular weight is 713 g/mol. The van der Waals surface area contributed by atoms with Crippen LogP contribution in [-0.4, -0.2) is 58.5 Å². The van der Waals surface area contributed by atoms with Crippen LogP contribution in [0.4, 0.5) is 5.69 Å². The third-order valence-corrected chi connectivity index (χ3v) is 10.1. The number of amides is 2. The molecular formula is C36H39Cl2N3O6S. The fraction of sp³-hybridized carbons (Fsp3) is 0.278. The van der Waals surface area contributed by atoms with Crippen molar-refractivity contribution in [3.05, 3.63) is 118 Å². The van der Waals surface area contributed by atoms with Gasteiger partial charge in [-0.05, 0) is 60.0 Å². The number of benzene rings is 4. The molecule has 0 bridgehead atoms. The minimum Gasteiger partial charge on any atom is -0.493 e. The molecule has 0 radical (unpaired) electrons. The molecule has 1 unspecified atom stereocenters. The molecule has 12 heteroatoms. The number of hydrogen-bond donors (Lipinski definition) is 1. The molecule has 0 fully saturated rings. The predicted octanol–water partition coefficient (Wildman–Crippen LogP) is 6.76. The Kier molecular flexibility index (Phi) is 13.1. The van der Waals surface area contributed by atoms with E-state index in [-0.39, 0.29) is 35.2 Å². The fourth-order valence-electron chi connectivity index (χ4n) is 5.11. The van der Waals surface area contributed by atoms with E-state index in [0.717, 1.165) is 22.7 Å². The quantitative estimate of drug-likeness (QED) is 0.129. The lowest BCUT2D eigenvalue weighted by Crippen LogP contribution is -2.53. The second-order valence-corrected chi connectivity index (χ2v) is 13.7. The van der Waals surface area contributed by atoms with Gasteiger partial charge in [-0.15, -0.1) is 0 Å². The Labute approximate surface area is 292 Å². The van der Waals surface area contributed by atoms with E-state index in [1.165, 1.54) is 49.5 Å². The number of nitrogens with one attached hydrogen (secondary N) is 1. The first-order chi connectivity index (χ1) is 23.1. The molecule has 0 saturated heterocycles. The Morgan fingerprint density at radius 3 is 2.17 bits per heavy atom. The molecule has 0 spiro atoms. The van der Waals surface area contributed by atoms with Crippen LogP contribution >= 0.6 is 23.2 Å². The fourth-order valence-corrected chi connectivity index (χ4v) is 6.86. The smallest absolute Gasteiger partial charge is 0.264 e. The third-order valence-electron chi connectivity index (χ3n) is 7.74. The molecule has 4 aromatic carbocycles. The lowest BCUT2D eigenvalue weighted by atomic mass is 10.0. The van der Waals surface area contributed by atoms with Gasteiger partial charge in [-0.25, -0.2) is 8.42 Å². The number of sulfonamides is 1. The van der Waals surface area contributed by atoms with Crippen LogP contribution in [0.1, 0.15) is 30.9 Å². The van der Waals surface area contributed by atoms with Gasteiger partial charge in [0, 0.05) is 35.6 Å². The lowest BCUT2D eigenvalue weighted by molar-refractivity contribution is -0.140. The number of nitrogens with zero attached hydrogens (tertiary/aromatic N) is 2. The SMILES string of the molecule is CCCCNC(=O)C(Cc1ccccc1)N(Cc1ccccc1Cl)C(=O)CN(c1ccc(Cl)cc1)S(=O)(=O)c1ccc(OC)c(OC)c1. The van der Waals surface area contributed by atoms with E-state index in [4.69, 9.17) is 32.7 Å². The van der Waals surface area contributed by atoms with Gasteiger partial charge in [-0.3, -0.25) is 13.9 Å². The number of halogens is 2. The molecule has 2 amide bonds. The number of ether oxygens (including phenoxy) is 2. The van der Waals surface area contributed by atoms with Crippen LogP contribution in [0.5, 0.6) is 11.5 Å². The van der Waals surface area contributed by atoms with E-state index in [1.54, 1.807) is 36.4 Å². The highest BCUT2D eigenvalue weighted by Crippen LogP contribution is 2.33. The van der Waals surface area contributed by atoms with E-state index in [0.29, 0.717) is 27.9 Å². The molecule has 0 aliphatic rings. The molecule has 4 aromatic rings. The van der Waals surface area contributed by atoms with Crippen molar-refractivity contribution in [2.45, 2.75) is 43.7 Å². The number of rotatable bonds is 16. The standard InChI is InChI=1S/C36H39Cl2N3O6S/c1-4-5-21-39-36(43)32(22-26-11-7-6-8-12-26)40(24-27-13-9-10-14-31(27)38)35(42)25-41(29-17-15-28(37)16-18-29)48(44,45)30-19-20-33(46-2)34(23-30)47-3/h6-20,23,32H,4-5,21-22,24-25H2,1-3H3,(H,39,43). The zero-order chi connectivity index (χ0) is 34.7. The van der Waals surface area contributed by atoms with Crippen LogP contribution in [-0.2, 0) is 32.6 Å². The molecule has 9 nitrogen and oxygen atoms in total. The highest BCUT2D eigenvalue weighted by Gasteiger charge is 2.35. The first kappa shape index (κ1) is 36.6. The summed E-state index contributed by atoms with van der Waals surface area (Å²) in [6.07, 6.45) is 1.82. The molecule has 4 rings (SSSR count). The summed E-state index contributed by atoms with van der Waals surface area (Å²) in [6, 6.07) is 25.7. The Bertz CT molecular complexity index is 1790. The Hall–Kier alpha value is -4.25. The molecule has 1 N–H and O–H groups in total. The van der Waals surface area contributed by atoms with E-state index in [1.807, 2.05) is 37.3 Å². The van der Waals surface area contributed by atoms with Crippen molar-refractivity contribution in [3.63, 3.8) is 0 Å². The third kappa shape index (κ3) is 9.21. The molecule has 0 aliphatic heterocycles. The first-order valence-electron chi connectivity index (χ1n) is 15.4. The molecule has 0 aliphatic carbocycles. The largest absolute Gasteiger partial charge is 0.493 e. The molecule has 48 heavy (non-hydrogen) atoms. The van der Waals surface area contributed by atoms with Gasteiger partial charge >= 0.3 is 0 Å². The van der Waals surface area contributed by atoms with Gasteiger partial charge in [0.15, 0.2) is 11.5 Å². The van der Waals surface area contributed by atoms with Crippen LogP contribution in [0.2, 0.25) is 10.0 Å². The second kappa shape index (κ2) is 17.2. The van der Waals surface area contributed by atoms with Gasteiger partial charge in [-0.1, -0.05) is 85.1 Å². The predicted molar refractivity (Wildman–Crippen MR) is 189 cm³/mol. The minimum absolute atomic E-state index is 0.0396. The van der Waals surface area contributed by atoms with Gasteiger partial charge < -0.3 is 19.7 Å². The monoisotopic (exact) mass is 711 g/mol. The topological polar surface area (TPSA) is 105 Å². The number of anilines is 1. The van der Waals surface area contributed by atoms with Crippen LogP contribution < -0.4 is 19.1 Å². The van der Waals surface area contributed by atoms with Crippen molar-refractivity contribution >= 4 is 50.7 Å². The molecule has 1 atom stereocenters. The number of hydrogen-bond acceptors (Lipinski definition) is 6.